The number of hydrogen-bond donors (Lipinski definition) is 1. The molecular formula is C25H23FN4O. The van der Waals surface area contributed by atoms with E-state index in [1.54, 1.807) is 18.5 Å². The molecule has 4 aromatic rings. The Balaban J connectivity index is 1.37. The fourth-order valence-electron chi connectivity index (χ4n) is 4.49. The molecule has 0 radical (unpaired) electrons. The average Bonchev–Trinajstić information content (AvgIpc) is 3.22. The molecule has 2 aromatic carbocycles. The lowest BCUT2D eigenvalue weighted by atomic mass is 9.91. The first-order chi connectivity index (χ1) is 15.2. The molecular weight excluding hydrogens is 391 g/mol. The van der Waals surface area contributed by atoms with Crippen LogP contribution in [0.25, 0.3) is 22.2 Å². The van der Waals surface area contributed by atoms with Crippen LogP contribution >= 0.6 is 0 Å². The molecule has 1 amide bonds. The number of piperidine rings is 1. The van der Waals surface area contributed by atoms with Crippen molar-refractivity contribution in [3.63, 3.8) is 0 Å². The number of benzene rings is 2. The van der Waals surface area contributed by atoms with Gasteiger partial charge in [-0.25, -0.2) is 4.39 Å². The molecule has 3 heterocycles. The third-order valence-corrected chi connectivity index (χ3v) is 6.00. The van der Waals surface area contributed by atoms with Crippen molar-refractivity contribution in [3.05, 3.63) is 84.2 Å². The van der Waals surface area contributed by atoms with Gasteiger partial charge in [-0.1, -0.05) is 30.3 Å². The molecule has 1 saturated heterocycles. The van der Waals surface area contributed by atoms with Crippen molar-refractivity contribution < 1.29 is 9.18 Å². The first-order valence-electron chi connectivity index (χ1n) is 10.6. The third-order valence-electron chi connectivity index (χ3n) is 6.00. The molecule has 0 spiro atoms. The second-order valence-corrected chi connectivity index (χ2v) is 8.02. The average molecular weight is 414 g/mol. The molecule has 1 aliphatic rings. The maximum Gasteiger partial charge on any atom is 0.227 e. The van der Waals surface area contributed by atoms with Crippen LogP contribution in [-0.4, -0.2) is 38.8 Å². The highest BCUT2D eigenvalue weighted by Crippen LogP contribution is 2.32. The number of aromatic nitrogens is 3. The summed E-state index contributed by atoms with van der Waals surface area (Å²) in [5.41, 5.74) is 4.30. The van der Waals surface area contributed by atoms with Crippen molar-refractivity contribution in [1.82, 2.24) is 19.9 Å². The number of carbonyl (C=O) groups excluding carboxylic acids is 1. The quantitative estimate of drug-likeness (QED) is 0.526. The van der Waals surface area contributed by atoms with Crippen LogP contribution in [0.5, 0.6) is 0 Å². The summed E-state index contributed by atoms with van der Waals surface area (Å²) in [5, 5.41) is 1.09. The minimum absolute atomic E-state index is 0.0765. The molecule has 6 heteroatoms. The summed E-state index contributed by atoms with van der Waals surface area (Å²) >= 11 is 0. The normalized spacial score (nSPS) is 16.5. The van der Waals surface area contributed by atoms with Gasteiger partial charge in [-0.15, -0.1) is 0 Å². The predicted octanol–water partition coefficient (Wildman–Crippen LogP) is 4.71. The standard InChI is InChI=1S/C25H23FN4O/c26-20-7-3-5-17(13-20)24-25(28-11-10-27-24)18-6-4-12-30(16-18)23(31)14-19-15-29-22-9-2-1-8-21(19)22/h1-3,5,7-11,13,15,18,29H,4,6,12,14,16H2. The Bertz CT molecular complexity index is 1230. The van der Waals surface area contributed by atoms with E-state index in [0.29, 0.717) is 24.2 Å². The van der Waals surface area contributed by atoms with Crippen LogP contribution in [0.2, 0.25) is 0 Å². The van der Waals surface area contributed by atoms with E-state index in [9.17, 15) is 9.18 Å². The SMILES string of the molecule is O=C(Cc1c[nH]c2ccccc12)N1CCCC(c2nccnc2-c2cccc(F)c2)C1. The van der Waals surface area contributed by atoms with Gasteiger partial charge in [0.05, 0.1) is 17.8 Å². The lowest BCUT2D eigenvalue weighted by Crippen LogP contribution is -2.40. The van der Waals surface area contributed by atoms with E-state index in [-0.39, 0.29) is 17.6 Å². The lowest BCUT2D eigenvalue weighted by Gasteiger charge is -2.33. The summed E-state index contributed by atoms with van der Waals surface area (Å²) in [6, 6.07) is 14.5. The zero-order chi connectivity index (χ0) is 21.2. The molecule has 2 aromatic heterocycles. The van der Waals surface area contributed by atoms with Crippen LogP contribution in [0.1, 0.15) is 30.0 Å². The number of fused-ring (bicyclic) bond motifs is 1. The van der Waals surface area contributed by atoms with Gasteiger partial charge >= 0.3 is 0 Å². The number of aromatic amines is 1. The molecule has 1 N–H and O–H groups in total. The second-order valence-electron chi connectivity index (χ2n) is 8.02. The van der Waals surface area contributed by atoms with Crippen molar-refractivity contribution in [2.45, 2.75) is 25.2 Å². The van der Waals surface area contributed by atoms with Gasteiger partial charge in [-0.2, -0.15) is 0 Å². The number of para-hydroxylation sites is 1. The topological polar surface area (TPSA) is 61.9 Å². The Morgan fingerprint density at radius 1 is 1.13 bits per heavy atom. The van der Waals surface area contributed by atoms with Crippen molar-refractivity contribution in [2.75, 3.05) is 13.1 Å². The van der Waals surface area contributed by atoms with E-state index in [1.165, 1.54) is 12.1 Å². The van der Waals surface area contributed by atoms with Crippen LogP contribution in [0.3, 0.4) is 0 Å². The van der Waals surface area contributed by atoms with Gasteiger partial charge in [0.1, 0.15) is 5.82 Å². The number of amides is 1. The summed E-state index contributed by atoms with van der Waals surface area (Å²) in [6.45, 7) is 1.34. The molecule has 0 bridgehead atoms. The number of carbonyl (C=O) groups is 1. The van der Waals surface area contributed by atoms with Crippen LogP contribution in [0.4, 0.5) is 4.39 Å². The highest BCUT2D eigenvalue weighted by atomic mass is 19.1. The second kappa shape index (κ2) is 8.30. The molecule has 0 saturated carbocycles. The molecule has 1 aliphatic heterocycles. The summed E-state index contributed by atoms with van der Waals surface area (Å²) in [4.78, 5) is 27.4. The van der Waals surface area contributed by atoms with Gasteiger partial charge in [0.2, 0.25) is 5.91 Å². The number of halogens is 1. The first-order valence-corrected chi connectivity index (χ1v) is 10.6. The number of rotatable bonds is 4. The molecule has 5 rings (SSSR count). The maximum absolute atomic E-state index is 13.8. The number of nitrogens with one attached hydrogen (secondary N) is 1. The van der Waals surface area contributed by atoms with Gasteiger partial charge in [-0.3, -0.25) is 14.8 Å². The Kier molecular flexibility index (Phi) is 5.20. The monoisotopic (exact) mass is 414 g/mol. The van der Waals surface area contributed by atoms with Crippen molar-refractivity contribution in [1.29, 1.82) is 0 Å². The fourth-order valence-corrected chi connectivity index (χ4v) is 4.49. The highest BCUT2D eigenvalue weighted by Gasteiger charge is 2.28. The van der Waals surface area contributed by atoms with Gasteiger partial charge in [0, 0.05) is 54.1 Å². The maximum atomic E-state index is 13.8. The number of likely N-dealkylation sites (tertiary alicyclic amines) is 1. The first kappa shape index (κ1) is 19.4. The number of hydrogen-bond acceptors (Lipinski definition) is 3. The largest absolute Gasteiger partial charge is 0.361 e. The summed E-state index contributed by atoms with van der Waals surface area (Å²) in [7, 11) is 0. The number of H-pyrrole nitrogens is 1. The van der Waals surface area contributed by atoms with Crippen LogP contribution in [-0.2, 0) is 11.2 Å². The van der Waals surface area contributed by atoms with E-state index in [4.69, 9.17) is 0 Å². The van der Waals surface area contributed by atoms with E-state index in [0.717, 1.165) is 41.5 Å². The molecule has 1 unspecified atom stereocenters. The predicted molar refractivity (Wildman–Crippen MR) is 118 cm³/mol. The van der Waals surface area contributed by atoms with Gasteiger partial charge in [-0.05, 0) is 36.6 Å². The van der Waals surface area contributed by atoms with E-state index < -0.39 is 0 Å². The Labute approximate surface area is 180 Å². The summed E-state index contributed by atoms with van der Waals surface area (Å²) in [5.74, 6) is -0.105. The van der Waals surface area contributed by atoms with Crippen LogP contribution in [0, 0.1) is 5.82 Å². The Hall–Kier alpha value is -3.54. The van der Waals surface area contributed by atoms with Crippen molar-refractivity contribution in [2.24, 2.45) is 0 Å². The molecule has 5 nitrogen and oxygen atoms in total. The molecule has 156 valence electrons. The van der Waals surface area contributed by atoms with Gasteiger partial charge in [0.25, 0.3) is 0 Å². The Morgan fingerprint density at radius 2 is 2.00 bits per heavy atom. The van der Waals surface area contributed by atoms with Crippen molar-refractivity contribution >= 4 is 16.8 Å². The minimum atomic E-state index is -0.298. The molecule has 0 aliphatic carbocycles. The molecule has 1 fully saturated rings. The third kappa shape index (κ3) is 3.93. The van der Waals surface area contributed by atoms with Gasteiger partial charge in [0.15, 0.2) is 0 Å². The van der Waals surface area contributed by atoms with E-state index >= 15 is 0 Å². The summed E-state index contributed by atoms with van der Waals surface area (Å²) in [6.07, 6.45) is 7.43. The van der Waals surface area contributed by atoms with E-state index in [2.05, 4.69) is 15.0 Å². The lowest BCUT2D eigenvalue weighted by molar-refractivity contribution is -0.131. The zero-order valence-electron chi connectivity index (χ0n) is 17.1. The Morgan fingerprint density at radius 3 is 2.90 bits per heavy atom. The number of nitrogens with zero attached hydrogens (tertiary/aromatic N) is 3. The smallest absolute Gasteiger partial charge is 0.227 e. The van der Waals surface area contributed by atoms with Crippen LogP contribution < -0.4 is 0 Å². The van der Waals surface area contributed by atoms with E-state index in [1.807, 2.05) is 41.4 Å². The minimum Gasteiger partial charge on any atom is -0.361 e. The summed E-state index contributed by atoms with van der Waals surface area (Å²) < 4.78 is 13.8. The zero-order valence-corrected chi connectivity index (χ0v) is 17.1. The molecule has 1 atom stereocenters. The van der Waals surface area contributed by atoms with Crippen LogP contribution in [0.15, 0.2) is 67.1 Å². The van der Waals surface area contributed by atoms with Gasteiger partial charge < -0.3 is 9.88 Å². The fraction of sp³-hybridized carbons (Fsp3) is 0.240. The molecule has 31 heavy (non-hydrogen) atoms. The van der Waals surface area contributed by atoms with Crippen molar-refractivity contribution in [3.8, 4) is 11.3 Å². The highest BCUT2D eigenvalue weighted by molar-refractivity contribution is 5.89.